The van der Waals surface area contributed by atoms with Crippen LogP contribution in [0.3, 0.4) is 0 Å². The Kier molecular flexibility index (Phi) is 4.72. The summed E-state index contributed by atoms with van der Waals surface area (Å²) in [4.78, 5) is 43.7. The SMILES string of the molecule is CCOC(=O)c1c[nH]n2c(=O)c(C(=O)N3CCC4(CC3)COc3c(F)cccc34)cnc12. The van der Waals surface area contributed by atoms with Gasteiger partial charge in [-0.3, -0.25) is 14.7 Å². The Hall–Kier alpha value is -3.69. The molecule has 2 aliphatic heterocycles. The van der Waals surface area contributed by atoms with Gasteiger partial charge in [0, 0.05) is 36.5 Å². The van der Waals surface area contributed by atoms with Crippen LogP contribution in [0.4, 0.5) is 4.39 Å². The molecule has 10 heteroatoms. The van der Waals surface area contributed by atoms with Crippen molar-refractivity contribution in [1.29, 1.82) is 0 Å². The van der Waals surface area contributed by atoms with Crippen LogP contribution in [0.25, 0.3) is 5.65 Å². The number of halogens is 1. The number of likely N-dealkylation sites (tertiary alicyclic amines) is 1. The molecule has 166 valence electrons. The molecule has 0 saturated carbocycles. The molecule has 1 saturated heterocycles. The van der Waals surface area contributed by atoms with Crippen molar-refractivity contribution in [3.8, 4) is 5.75 Å². The number of para-hydroxylation sites is 1. The number of nitrogens with zero attached hydrogens (tertiary/aromatic N) is 3. The second-order valence-corrected chi connectivity index (χ2v) is 8.02. The monoisotopic (exact) mass is 440 g/mol. The number of piperidine rings is 1. The van der Waals surface area contributed by atoms with Gasteiger partial charge < -0.3 is 14.4 Å². The summed E-state index contributed by atoms with van der Waals surface area (Å²) in [5.74, 6) is -1.12. The number of nitrogens with one attached hydrogen (secondary N) is 1. The molecule has 1 aromatic carbocycles. The summed E-state index contributed by atoms with van der Waals surface area (Å²) in [5.41, 5.74) is 0.0432. The third-order valence-electron chi connectivity index (χ3n) is 6.30. The molecule has 5 rings (SSSR count). The standard InChI is InChI=1S/C22H21FN4O5/c1-2-31-21(30)13-11-25-27-18(13)24-10-14(20(27)29)19(28)26-8-6-22(7-9-26)12-32-17-15(22)4-3-5-16(17)23/h3-5,10-11,25H,2,6-9,12H2,1H3. The van der Waals surface area contributed by atoms with Gasteiger partial charge in [-0.1, -0.05) is 12.1 Å². The molecule has 0 radical (unpaired) electrons. The number of aromatic amines is 1. The minimum absolute atomic E-state index is 0.0928. The van der Waals surface area contributed by atoms with Gasteiger partial charge in [-0.2, -0.15) is 0 Å². The fraction of sp³-hybridized carbons (Fsp3) is 0.364. The molecular weight excluding hydrogens is 419 g/mol. The lowest BCUT2D eigenvalue weighted by atomic mass is 9.74. The Morgan fingerprint density at radius 1 is 1.28 bits per heavy atom. The number of aromatic nitrogens is 3. The zero-order valence-corrected chi connectivity index (χ0v) is 17.4. The molecule has 0 unspecified atom stereocenters. The Labute approximate surface area is 181 Å². The van der Waals surface area contributed by atoms with Gasteiger partial charge in [0.25, 0.3) is 11.5 Å². The summed E-state index contributed by atoms with van der Waals surface area (Å²) in [7, 11) is 0. The van der Waals surface area contributed by atoms with Crippen molar-refractivity contribution < 1.29 is 23.5 Å². The van der Waals surface area contributed by atoms with Gasteiger partial charge in [0.05, 0.1) is 13.2 Å². The number of hydrogen-bond donors (Lipinski definition) is 1. The number of hydrogen-bond acceptors (Lipinski definition) is 6. The first-order chi connectivity index (χ1) is 15.4. The number of carbonyl (C=O) groups is 2. The third kappa shape index (κ3) is 2.97. The normalized spacial score (nSPS) is 16.8. The number of rotatable bonds is 3. The van der Waals surface area contributed by atoms with Crippen molar-refractivity contribution in [2.24, 2.45) is 0 Å². The van der Waals surface area contributed by atoms with Gasteiger partial charge >= 0.3 is 5.97 Å². The Bertz CT molecular complexity index is 1290. The molecule has 0 bridgehead atoms. The molecule has 32 heavy (non-hydrogen) atoms. The summed E-state index contributed by atoms with van der Waals surface area (Å²) >= 11 is 0. The molecule has 3 aromatic rings. The van der Waals surface area contributed by atoms with E-state index in [4.69, 9.17) is 9.47 Å². The smallest absolute Gasteiger partial charge is 0.343 e. The highest BCUT2D eigenvalue weighted by atomic mass is 19.1. The summed E-state index contributed by atoms with van der Waals surface area (Å²) in [6.07, 6.45) is 3.73. The Morgan fingerprint density at radius 3 is 2.81 bits per heavy atom. The van der Waals surface area contributed by atoms with Crippen molar-refractivity contribution in [3.63, 3.8) is 0 Å². The van der Waals surface area contributed by atoms with E-state index < -0.39 is 17.4 Å². The lowest BCUT2D eigenvalue weighted by Gasteiger charge is -2.38. The molecule has 1 amide bonds. The van der Waals surface area contributed by atoms with Crippen LogP contribution >= 0.6 is 0 Å². The minimum atomic E-state index is -0.603. The third-order valence-corrected chi connectivity index (χ3v) is 6.30. The molecule has 9 nitrogen and oxygen atoms in total. The molecule has 1 N–H and O–H groups in total. The molecule has 1 fully saturated rings. The second kappa shape index (κ2) is 7.47. The molecule has 0 atom stereocenters. The van der Waals surface area contributed by atoms with Gasteiger partial charge in [-0.25, -0.2) is 18.7 Å². The summed E-state index contributed by atoms with van der Waals surface area (Å²) in [6.45, 7) is 3.05. The highest BCUT2D eigenvalue weighted by Crippen LogP contribution is 2.46. The van der Waals surface area contributed by atoms with E-state index in [0.717, 1.165) is 10.1 Å². The first-order valence-corrected chi connectivity index (χ1v) is 10.4. The van der Waals surface area contributed by atoms with E-state index >= 15 is 0 Å². The van der Waals surface area contributed by atoms with Crippen molar-refractivity contribution in [2.45, 2.75) is 25.2 Å². The van der Waals surface area contributed by atoms with Crippen LogP contribution in [-0.2, 0) is 10.2 Å². The highest BCUT2D eigenvalue weighted by Gasteiger charge is 2.45. The van der Waals surface area contributed by atoms with E-state index in [1.54, 1.807) is 17.9 Å². The van der Waals surface area contributed by atoms with Crippen LogP contribution in [0.5, 0.6) is 5.75 Å². The lowest BCUT2D eigenvalue weighted by Crippen LogP contribution is -2.47. The molecule has 2 aliphatic rings. The molecule has 2 aromatic heterocycles. The van der Waals surface area contributed by atoms with E-state index in [-0.39, 0.29) is 34.6 Å². The quantitative estimate of drug-likeness (QED) is 0.624. The number of carbonyl (C=O) groups excluding carboxylic acids is 2. The molecule has 1 spiro atoms. The minimum Gasteiger partial charge on any atom is -0.489 e. The molecular formula is C22H21FN4O5. The van der Waals surface area contributed by atoms with Crippen molar-refractivity contribution in [1.82, 2.24) is 19.5 Å². The number of H-pyrrole nitrogens is 1. The maximum atomic E-state index is 14.1. The number of amides is 1. The first kappa shape index (κ1) is 20.2. The molecule has 0 aliphatic carbocycles. The molecule has 4 heterocycles. The number of benzene rings is 1. The van der Waals surface area contributed by atoms with Crippen LogP contribution in [0, 0.1) is 5.82 Å². The lowest BCUT2D eigenvalue weighted by molar-refractivity contribution is 0.0528. The van der Waals surface area contributed by atoms with Crippen molar-refractivity contribution >= 4 is 17.5 Å². The fourth-order valence-corrected chi connectivity index (χ4v) is 4.55. The van der Waals surface area contributed by atoms with Crippen LogP contribution in [0.1, 0.15) is 46.0 Å². The largest absolute Gasteiger partial charge is 0.489 e. The van der Waals surface area contributed by atoms with E-state index in [9.17, 15) is 18.8 Å². The van der Waals surface area contributed by atoms with Crippen LogP contribution in [0.2, 0.25) is 0 Å². The van der Waals surface area contributed by atoms with Gasteiger partial charge in [0.1, 0.15) is 11.1 Å². The maximum absolute atomic E-state index is 14.1. The summed E-state index contributed by atoms with van der Waals surface area (Å²) in [5, 5.41) is 2.67. The van der Waals surface area contributed by atoms with Gasteiger partial charge in [0.15, 0.2) is 17.2 Å². The van der Waals surface area contributed by atoms with Gasteiger partial charge in [-0.05, 0) is 25.8 Å². The summed E-state index contributed by atoms with van der Waals surface area (Å²) in [6, 6.07) is 4.92. The average molecular weight is 440 g/mol. The zero-order chi connectivity index (χ0) is 22.5. The number of esters is 1. The van der Waals surface area contributed by atoms with E-state index in [1.807, 2.05) is 6.07 Å². The highest BCUT2D eigenvalue weighted by molar-refractivity contribution is 5.97. The Morgan fingerprint density at radius 2 is 2.06 bits per heavy atom. The Balaban J connectivity index is 1.37. The summed E-state index contributed by atoms with van der Waals surface area (Å²) < 4.78 is 25.7. The number of ether oxygens (including phenoxy) is 2. The van der Waals surface area contributed by atoms with E-state index in [1.165, 1.54) is 18.5 Å². The average Bonchev–Trinajstić information content (AvgIpc) is 3.38. The number of fused-ring (bicyclic) bond motifs is 3. The van der Waals surface area contributed by atoms with Crippen LogP contribution in [0.15, 0.2) is 35.4 Å². The topological polar surface area (TPSA) is 106 Å². The van der Waals surface area contributed by atoms with Crippen molar-refractivity contribution in [2.75, 3.05) is 26.3 Å². The van der Waals surface area contributed by atoms with Crippen molar-refractivity contribution in [3.05, 3.63) is 63.5 Å². The van der Waals surface area contributed by atoms with E-state index in [0.29, 0.717) is 38.3 Å². The van der Waals surface area contributed by atoms with Gasteiger partial charge in [-0.15, -0.1) is 0 Å². The maximum Gasteiger partial charge on any atom is 0.343 e. The zero-order valence-electron chi connectivity index (χ0n) is 17.4. The first-order valence-electron chi connectivity index (χ1n) is 10.4. The predicted molar refractivity (Wildman–Crippen MR) is 110 cm³/mol. The fourth-order valence-electron chi connectivity index (χ4n) is 4.55. The van der Waals surface area contributed by atoms with Crippen LogP contribution in [-0.4, -0.2) is 57.7 Å². The second-order valence-electron chi connectivity index (χ2n) is 8.02. The van der Waals surface area contributed by atoms with Gasteiger partial charge in [0.2, 0.25) is 0 Å². The van der Waals surface area contributed by atoms with E-state index in [2.05, 4.69) is 10.1 Å². The predicted octanol–water partition coefficient (Wildman–Crippen LogP) is 1.90. The van der Waals surface area contributed by atoms with Crippen LogP contribution < -0.4 is 10.3 Å².